The average Bonchev–Trinajstić information content (AvgIpc) is 3.07. The van der Waals surface area contributed by atoms with E-state index in [9.17, 15) is 19.1 Å². The van der Waals surface area contributed by atoms with Crippen molar-refractivity contribution in [2.75, 3.05) is 5.32 Å². The first kappa shape index (κ1) is 23.2. The van der Waals surface area contributed by atoms with Gasteiger partial charge < -0.3 is 15.7 Å². The van der Waals surface area contributed by atoms with Crippen LogP contribution in [0, 0.1) is 11.7 Å². The predicted octanol–water partition coefficient (Wildman–Crippen LogP) is 4.58. The molecule has 3 aromatic rings. The number of nitrogens with zero attached hydrogens (tertiary/aromatic N) is 2. The molecule has 3 N–H and O–H groups in total. The van der Waals surface area contributed by atoms with E-state index in [-0.39, 0.29) is 17.3 Å². The van der Waals surface area contributed by atoms with E-state index in [4.69, 9.17) is 0 Å². The number of hydrogen-bond donors (Lipinski definition) is 3. The standard InChI is InChI=1S/C24H29FN4O3/c1-6-14(2)19(23(31)32)27-22(30)16-11-12-29-18(13-16)26-20(21(29)28-24(3,4)5)15-7-9-17(25)10-8-15/h7-14,19,28H,6H2,1-5H3,(H,27,30)(H,31,32). The van der Waals surface area contributed by atoms with E-state index in [1.54, 1.807) is 37.4 Å². The minimum absolute atomic E-state index is 0.209. The first-order valence-electron chi connectivity index (χ1n) is 10.6. The Morgan fingerprint density at radius 3 is 2.41 bits per heavy atom. The molecule has 170 valence electrons. The van der Waals surface area contributed by atoms with Crippen LogP contribution >= 0.6 is 0 Å². The van der Waals surface area contributed by atoms with Gasteiger partial charge in [0.25, 0.3) is 5.91 Å². The summed E-state index contributed by atoms with van der Waals surface area (Å²) in [7, 11) is 0. The van der Waals surface area contributed by atoms with Gasteiger partial charge in [-0.15, -0.1) is 0 Å². The van der Waals surface area contributed by atoms with Crippen LogP contribution in [0.25, 0.3) is 16.9 Å². The Kier molecular flexibility index (Phi) is 6.52. The van der Waals surface area contributed by atoms with E-state index in [0.717, 1.165) is 5.56 Å². The SMILES string of the molecule is CCC(C)C(NC(=O)c1ccn2c(NC(C)(C)C)c(-c3ccc(F)cc3)nc2c1)C(=O)O. The van der Waals surface area contributed by atoms with E-state index >= 15 is 0 Å². The van der Waals surface area contributed by atoms with E-state index in [1.165, 1.54) is 12.1 Å². The maximum Gasteiger partial charge on any atom is 0.326 e. The molecular formula is C24H29FN4O3. The number of halogens is 1. The summed E-state index contributed by atoms with van der Waals surface area (Å²) in [6.45, 7) is 9.72. The Labute approximate surface area is 186 Å². The van der Waals surface area contributed by atoms with Crippen LogP contribution in [0.15, 0.2) is 42.6 Å². The first-order chi connectivity index (χ1) is 15.0. The van der Waals surface area contributed by atoms with Gasteiger partial charge in [0.15, 0.2) is 0 Å². The van der Waals surface area contributed by atoms with Crippen LogP contribution < -0.4 is 10.6 Å². The summed E-state index contributed by atoms with van der Waals surface area (Å²) >= 11 is 0. The molecule has 8 heteroatoms. The Balaban J connectivity index is 2.03. The maximum absolute atomic E-state index is 13.4. The quantitative estimate of drug-likeness (QED) is 0.500. The lowest BCUT2D eigenvalue weighted by Gasteiger charge is -2.22. The maximum atomic E-state index is 13.4. The molecule has 0 saturated carbocycles. The van der Waals surface area contributed by atoms with E-state index in [0.29, 0.717) is 29.1 Å². The highest BCUT2D eigenvalue weighted by atomic mass is 19.1. The van der Waals surface area contributed by atoms with Crippen LogP contribution in [0.2, 0.25) is 0 Å². The number of carboxylic acids is 1. The van der Waals surface area contributed by atoms with Gasteiger partial charge in [0.05, 0.1) is 0 Å². The van der Waals surface area contributed by atoms with Crippen LogP contribution in [0.5, 0.6) is 0 Å². The van der Waals surface area contributed by atoms with Gasteiger partial charge in [0.1, 0.15) is 29.0 Å². The third-order valence-corrected chi connectivity index (χ3v) is 5.27. The molecule has 0 aliphatic rings. The number of rotatable bonds is 7. The van der Waals surface area contributed by atoms with Gasteiger partial charge in [0, 0.05) is 22.9 Å². The van der Waals surface area contributed by atoms with Gasteiger partial charge in [-0.2, -0.15) is 0 Å². The van der Waals surface area contributed by atoms with Crippen LogP contribution in [0.1, 0.15) is 51.4 Å². The van der Waals surface area contributed by atoms with Crippen molar-refractivity contribution < 1.29 is 19.1 Å². The van der Waals surface area contributed by atoms with Crippen molar-refractivity contribution in [1.82, 2.24) is 14.7 Å². The Bertz CT molecular complexity index is 1130. The number of anilines is 1. The molecule has 0 bridgehead atoms. The summed E-state index contributed by atoms with van der Waals surface area (Å²) in [5.41, 5.74) is 1.91. The number of imidazole rings is 1. The average molecular weight is 441 g/mol. The van der Waals surface area contributed by atoms with Gasteiger partial charge in [-0.1, -0.05) is 20.3 Å². The number of nitrogens with one attached hydrogen (secondary N) is 2. The van der Waals surface area contributed by atoms with Crippen molar-refractivity contribution in [3.8, 4) is 11.3 Å². The van der Waals surface area contributed by atoms with Crippen molar-refractivity contribution in [3.63, 3.8) is 0 Å². The Morgan fingerprint density at radius 2 is 1.84 bits per heavy atom. The van der Waals surface area contributed by atoms with Crippen LogP contribution in [0.3, 0.4) is 0 Å². The molecule has 32 heavy (non-hydrogen) atoms. The third kappa shape index (κ3) is 5.07. The fourth-order valence-electron chi connectivity index (χ4n) is 3.38. The predicted molar refractivity (Wildman–Crippen MR) is 122 cm³/mol. The number of aliphatic carboxylic acids is 1. The second-order valence-electron chi connectivity index (χ2n) is 9.01. The van der Waals surface area contributed by atoms with Crippen LogP contribution in [0.4, 0.5) is 10.2 Å². The van der Waals surface area contributed by atoms with E-state index in [1.807, 2.05) is 32.1 Å². The molecular weight excluding hydrogens is 411 g/mol. The molecule has 0 aliphatic carbocycles. The van der Waals surface area contributed by atoms with Crippen LogP contribution in [-0.2, 0) is 4.79 Å². The van der Waals surface area contributed by atoms with Crippen molar-refractivity contribution >= 4 is 23.3 Å². The number of aromatic nitrogens is 2. The molecule has 0 saturated heterocycles. The molecule has 1 aromatic carbocycles. The topological polar surface area (TPSA) is 95.7 Å². The zero-order valence-corrected chi connectivity index (χ0v) is 18.9. The summed E-state index contributed by atoms with van der Waals surface area (Å²) < 4.78 is 15.3. The number of amides is 1. The highest BCUT2D eigenvalue weighted by Gasteiger charge is 2.26. The molecule has 0 fully saturated rings. The molecule has 7 nitrogen and oxygen atoms in total. The molecule has 2 heterocycles. The van der Waals surface area contributed by atoms with Crippen molar-refractivity contribution in [2.24, 2.45) is 5.92 Å². The summed E-state index contributed by atoms with van der Waals surface area (Å²) in [4.78, 5) is 29.0. The third-order valence-electron chi connectivity index (χ3n) is 5.27. The lowest BCUT2D eigenvalue weighted by Crippen LogP contribution is -2.45. The highest BCUT2D eigenvalue weighted by molar-refractivity contribution is 5.97. The minimum Gasteiger partial charge on any atom is -0.480 e. The molecule has 3 rings (SSSR count). The summed E-state index contributed by atoms with van der Waals surface area (Å²) in [5, 5.41) is 15.5. The highest BCUT2D eigenvalue weighted by Crippen LogP contribution is 2.31. The molecule has 0 radical (unpaired) electrons. The second-order valence-corrected chi connectivity index (χ2v) is 9.01. The van der Waals surface area contributed by atoms with Crippen molar-refractivity contribution in [2.45, 2.75) is 52.6 Å². The largest absolute Gasteiger partial charge is 0.480 e. The van der Waals surface area contributed by atoms with E-state index in [2.05, 4.69) is 15.6 Å². The fourth-order valence-corrected chi connectivity index (χ4v) is 3.38. The normalized spacial score (nSPS) is 13.6. The number of fused-ring (bicyclic) bond motifs is 1. The van der Waals surface area contributed by atoms with Gasteiger partial charge >= 0.3 is 5.97 Å². The molecule has 0 spiro atoms. The number of hydrogen-bond acceptors (Lipinski definition) is 4. The zero-order chi connectivity index (χ0) is 23.6. The smallest absolute Gasteiger partial charge is 0.326 e. The van der Waals surface area contributed by atoms with Crippen molar-refractivity contribution in [3.05, 3.63) is 54.0 Å². The first-order valence-corrected chi connectivity index (χ1v) is 10.6. The van der Waals surface area contributed by atoms with E-state index < -0.39 is 17.9 Å². The van der Waals surface area contributed by atoms with Gasteiger partial charge in [-0.25, -0.2) is 14.2 Å². The lowest BCUT2D eigenvalue weighted by molar-refractivity contribution is -0.140. The van der Waals surface area contributed by atoms with Crippen molar-refractivity contribution in [1.29, 1.82) is 0 Å². The monoisotopic (exact) mass is 440 g/mol. The zero-order valence-electron chi connectivity index (χ0n) is 18.9. The minimum atomic E-state index is -1.06. The summed E-state index contributed by atoms with van der Waals surface area (Å²) in [5.74, 6) is -1.37. The summed E-state index contributed by atoms with van der Waals surface area (Å²) in [6, 6.07) is 8.33. The fraction of sp³-hybridized carbons (Fsp3) is 0.375. The molecule has 2 aromatic heterocycles. The number of carboxylic acid groups (broad SMARTS) is 1. The molecule has 1 amide bonds. The number of carbonyl (C=O) groups excluding carboxylic acids is 1. The summed E-state index contributed by atoms with van der Waals surface area (Å²) in [6.07, 6.45) is 2.34. The second kappa shape index (κ2) is 8.98. The molecule has 2 unspecified atom stereocenters. The lowest BCUT2D eigenvalue weighted by atomic mass is 9.99. The van der Waals surface area contributed by atoms with Gasteiger partial charge in [0.2, 0.25) is 0 Å². The Morgan fingerprint density at radius 1 is 1.19 bits per heavy atom. The molecule has 0 aliphatic heterocycles. The molecule has 2 atom stereocenters. The van der Waals surface area contributed by atoms with Crippen LogP contribution in [-0.4, -0.2) is 37.9 Å². The Hall–Kier alpha value is -3.42. The number of pyridine rings is 1. The number of benzene rings is 1. The number of carbonyl (C=O) groups is 2. The van der Waals surface area contributed by atoms with Gasteiger partial charge in [-0.3, -0.25) is 9.20 Å². The van der Waals surface area contributed by atoms with Gasteiger partial charge in [-0.05, 0) is 63.1 Å².